The van der Waals surface area contributed by atoms with Gasteiger partial charge in [-0.25, -0.2) is 0 Å². The molecule has 0 bridgehead atoms. The van der Waals surface area contributed by atoms with Crippen LogP contribution in [0.25, 0.3) is 0 Å². The third-order valence-electron chi connectivity index (χ3n) is 2.35. The van der Waals surface area contributed by atoms with E-state index in [1.165, 1.54) is 17.1 Å². The molecule has 0 aliphatic carbocycles. The quantitative estimate of drug-likeness (QED) is 0.459. The van der Waals surface area contributed by atoms with E-state index in [4.69, 9.17) is 11.6 Å². The highest BCUT2D eigenvalue weighted by atomic mass is 35.5. The molecule has 0 heterocycles. The summed E-state index contributed by atoms with van der Waals surface area (Å²) in [6.07, 6.45) is -3.67. The molecule has 0 aromatic heterocycles. The molecule has 0 fully saturated rings. The molecule has 0 aliphatic rings. The lowest BCUT2D eigenvalue weighted by Crippen LogP contribution is -2.12. The van der Waals surface area contributed by atoms with Gasteiger partial charge in [-0.2, -0.15) is 18.3 Å². The Balaban J connectivity index is 2.82. The zero-order valence-electron chi connectivity index (χ0n) is 10.1. The normalized spacial score (nSPS) is 12.7. The average molecular weight is 279 g/mol. The van der Waals surface area contributed by atoms with Crippen LogP contribution in [0.2, 0.25) is 0 Å². The number of hydrazone groups is 1. The zero-order valence-corrected chi connectivity index (χ0v) is 10.9. The van der Waals surface area contributed by atoms with Crippen molar-refractivity contribution in [2.24, 2.45) is 5.10 Å². The van der Waals surface area contributed by atoms with Crippen molar-refractivity contribution >= 4 is 23.0 Å². The Hall–Kier alpha value is -1.23. The summed E-state index contributed by atoms with van der Waals surface area (Å²) in [5.41, 5.74) is 0.755. The molecule has 1 aromatic rings. The minimum atomic E-state index is -4.31. The van der Waals surface area contributed by atoms with Crippen LogP contribution in [0.5, 0.6) is 0 Å². The molecular weight excluding hydrogens is 265 g/mol. The first-order valence-corrected chi connectivity index (χ1v) is 5.89. The van der Waals surface area contributed by atoms with Gasteiger partial charge in [0.2, 0.25) is 0 Å². The van der Waals surface area contributed by atoms with Gasteiger partial charge in [0.15, 0.2) is 0 Å². The maximum Gasteiger partial charge on any atom is 0.416 e. The van der Waals surface area contributed by atoms with Crippen molar-refractivity contribution in [3.8, 4) is 0 Å². The molecule has 6 heteroatoms. The molecule has 0 unspecified atom stereocenters. The van der Waals surface area contributed by atoms with Crippen molar-refractivity contribution in [2.45, 2.75) is 19.5 Å². The number of nitrogens with zero attached hydrogens (tertiary/aromatic N) is 2. The molecule has 100 valence electrons. The van der Waals surface area contributed by atoms with Gasteiger partial charge in [0.1, 0.15) is 0 Å². The predicted molar refractivity (Wildman–Crippen MR) is 68.3 cm³/mol. The van der Waals surface area contributed by atoms with Crippen molar-refractivity contribution in [3.05, 3.63) is 29.8 Å². The van der Waals surface area contributed by atoms with Gasteiger partial charge in [-0.3, -0.25) is 5.01 Å². The van der Waals surface area contributed by atoms with E-state index in [9.17, 15) is 13.2 Å². The fourth-order valence-corrected chi connectivity index (χ4v) is 1.64. The summed E-state index contributed by atoms with van der Waals surface area (Å²) in [6.45, 7) is 1.82. The highest BCUT2D eigenvalue weighted by Crippen LogP contribution is 2.30. The topological polar surface area (TPSA) is 15.6 Å². The third-order valence-corrected chi connectivity index (χ3v) is 2.53. The zero-order chi connectivity index (χ0) is 13.8. The summed E-state index contributed by atoms with van der Waals surface area (Å²) >= 11 is 5.57. The lowest BCUT2D eigenvalue weighted by atomic mass is 10.2. The molecule has 18 heavy (non-hydrogen) atoms. The van der Waals surface area contributed by atoms with Crippen LogP contribution in [0.15, 0.2) is 29.4 Å². The first kappa shape index (κ1) is 14.8. The highest BCUT2D eigenvalue weighted by Gasteiger charge is 2.30. The number of halogens is 4. The first-order valence-electron chi connectivity index (χ1n) is 5.35. The highest BCUT2D eigenvalue weighted by molar-refractivity contribution is 6.19. The molecule has 0 aliphatic heterocycles. The predicted octanol–water partition coefficient (Wildman–Crippen LogP) is 4.15. The van der Waals surface area contributed by atoms with E-state index < -0.39 is 11.7 Å². The summed E-state index contributed by atoms with van der Waals surface area (Å²) in [5, 5.41) is 5.74. The van der Waals surface area contributed by atoms with E-state index in [-0.39, 0.29) is 0 Å². The van der Waals surface area contributed by atoms with Crippen molar-refractivity contribution < 1.29 is 13.2 Å². The van der Waals surface area contributed by atoms with Crippen LogP contribution >= 0.6 is 11.6 Å². The van der Waals surface area contributed by atoms with E-state index in [1.54, 1.807) is 7.05 Å². The summed E-state index contributed by atoms with van der Waals surface area (Å²) in [6, 6.07) is 4.86. The Labute approximate surface area is 109 Å². The number of hydrogen-bond donors (Lipinski definition) is 0. The fourth-order valence-electron chi connectivity index (χ4n) is 1.37. The molecule has 0 saturated carbocycles. The smallest absolute Gasteiger partial charge is 0.269 e. The molecular formula is C12H14ClF3N2. The largest absolute Gasteiger partial charge is 0.416 e. The molecule has 0 spiro atoms. The van der Waals surface area contributed by atoms with Gasteiger partial charge < -0.3 is 0 Å². The summed E-state index contributed by atoms with van der Waals surface area (Å²) < 4.78 is 37.1. The SMILES string of the molecule is C/C(CCCl)=N/N(C)c1ccc(C(F)(F)F)cc1. The second kappa shape index (κ2) is 6.09. The van der Waals surface area contributed by atoms with Crippen molar-refractivity contribution in [1.82, 2.24) is 0 Å². The molecule has 0 radical (unpaired) electrons. The molecule has 2 nitrogen and oxygen atoms in total. The summed E-state index contributed by atoms with van der Waals surface area (Å²) in [4.78, 5) is 0. The van der Waals surface area contributed by atoms with E-state index in [1.807, 2.05) is 6.92 Å². The monoisotopic (exact) mass is 278 g/mol. The molecule has 0 N–H and O–H groups in total. The number of benzene rings is 1. The Morgan fingerprint density at radius 3 is 2.28 bits per heavy atom. The minimum Gasteiger partial charge on any atom is -0.269 e. The van der Waals surface area contributed by atoms with Crippen LogP contribution in [0, 0.1) is 0 Å². The second-order valence-corrected chi connectivity index (χ2v) is 4.22. The van der Waals surface area contributed by atoms with E-state index in [0.717, 1.165) is 17.8 Å². The van der Waals surface area contributed by atoms with Gasteiger partial charge in [-0.1, -0.05) is 0 Å². The molecule has 1 rings (SSSR count). The van der Waals surface area contributed by atoms with Crippen molar-refractivity contribution in [1.29, 1.82) is 0 Å². The van der Waals surface area contributed by atoms with E-state index in [0.29, 0.717) is 18.0 Å². The van der Waals surface area contributed by atoms with E-state index in [2.05, 4.69) is 5.10 Å². The standard InChI is InChI=1S/C12H14ClF3N2/c1-9(7-8-13)17-18(2)11-5-3-10(4-6-11)12(14,15)16/h3-6H,7-8H2,1-2H3/b17-9-. The van der Waals surface area contributed by atoms with Crippen molar-refractivity contribution in [3.63, 3.8) is 0 Å². The molecule has 0 saturated heterocycles. The first-order chi connectivity index (χ1) is 8.34. The Kier molecular flexibility index (Phi) is 5.02. The average Bonchev–Trinajstić information content (AvgIpc) is 2.28. The Bertz CT molecular complexity index is 412. The van der Waals surface area contributed by atoms with Crippen LogP contribution in [-0.4, -0.2) is 18.6 Å². The Morgan fingerprint density at radius 2 is 1.83 bits per heavy atom. The molecule has 0 amide bonds. The van der Waals surface area contributed by atoms with Gasteiger partial charge in [-0.05, 0) is 31.2 Å². The van der Waals surface area contributed by atoms with Crippen LogP contribution in [0.4, 0.5) is 18.9 Å². The van der Waals surface area contributed by atoms with Gasteiger partial charge in [0.25, 0.3) is 0 Å². The lowest BCUT2D eigenvalue weighted by molar-refractivity contribution is -0.137. The third kappa shape index (κ3) is 4.22. The van der Waals surface area contributed by atoms with Crippen LogP contribution < -0.4 is 5.01 Å². The number of hydrogen-bond acceptors (Lipinski definition) is 2. The number of rotatable bonds is 4. The maximum atomic E-state index is 12.4. The van der Waals surface area contributed by atoms with Crippen LogP contribution in [0.3, 0.4) is 0 Å². The summed E-state index contributed by atoms with van der Waals surface area (Å²) in [5.74, 6) is 0.468. The Morgan fingerprint density at radius 1 is 1.28 bits per heavy atom. The number of alkyl halides is 4. The van der Waals surface area contributed by atoms with Crippen LogP contribution in [0.1, 0.15) is 18.9 Å². The number of anilines is 1. The molecule has 1 aromatic carbocycles. The fraction of sp³-hybridized carbons (Fsp3) is 0.417. The van der Waals surface area contributed by atoms with Gasteiger partial charge in [-0.15, -0.1) is 11.6 Å². The van der Waals surface area contributed by atoms with E-state index >= 15 is 0 Å². The minimum absolute atomic E-state index is 0.468. The van der Waals surface area contributed by atoms with Gasteiger partial charge in [0, 0.05) is 25.1 Å². The van der Waals surface area contributed by atoms with Gasteiger partial charge in [0.05, 0.1) is 11.3 Å². The lowest BCUT2D eigenvalue weighted by Gasteiger charge is -2.15. The van der Waals surface area contributed by atoms with Crippen LogP contribution in [-0.2, 0) is 6.18 Å². The summed E-state index contributed by atoms with van der Waals surface area (Å²) in [7, 11) is 1.68. The van der Waals surface area contributed by atoms with Crippen molar-refractivity contribution in [2.75, 3.05) is 17.9 Å². The second-order valence-electron chi connectivity index (χ2n) is 3.84. The molecule has 0 atom stereocenters. The maximum absolute atomic E-state index is 12.4. The van der Waals surface area contributed by atoms with Gasteiger partial charge >= 0.3 is 6.18 Å².